The van der Waals surface area contributed by atoms with Crippen molar-refractivity contribution in [2.75, 3.05) is 0 Å². The Morgan fingerprint density at radius 3 is 2.00 bits per heavy atom. The van der Waals surface area contributed by atoms with Crippen molar-refractivity contribution < 1.29 is 26.3 Å². The van der Waals surface area contributed by atoms with Gasteiger partial charge in [0.2, 0.25) is 9.89 Å². The van der Waals surface area contributed by atoms with Crippen molar-refractivity contribution in [3.63, 3.8) is 0 Å². The average molecular weight is 461 g/mol. The minimum atomic E-state index is -4.68. The summed E-state index contributed by atoms with van der Waals surface area (Å²) in [6.07, 6.45) is -4.68. The zero-order valence-corrected chi connectivity index (χ0v) is 14.2. The Kier molecular flexibility index (Phi) is 5.15. The molecule has 1 aromatic carbocycles. The summed E-state index contributed by atoms with van der Waals surface area (Å²) in [5.41, 5.74) is -5.95. The fourth-order valence-corrected chi connectivity index (χ4v) is 3.15. The monoisotopic (exact) mass is 459 g/mol. The van der Waals surface area contributed by atoms with Gasteiger partial charge < -0.3 is 0 Å². The van der Waals surface area contributed by atoms with Crippen LogP contribution in [0.3, 0.4) is 0 Å². The van der Waals surface area contributed by atoms with Gasteiger partial charge in [-0.05, 0) is 28.1 Å². The van der Waals surface area contributed by atoms with E-state index in [4.69, 9.17) is 23.2 Å². The second kappa shape index (κ2) is 6.34. The summed E-state index contributed by atoms with van der Waals surface area (Å²) < 4.78 is 75.5. The fourth-order valence-electron chi connectivity index (χ4n) is 1.50. The van der Waals surface area contributed by atoms with Crippen molar-refractivity contribution in [2.45, 2.75) is 16.8 Å². The molecule has 2 rings (SSSR count). The quantitative estimate of drug-likeness (QED) is 0.408. The molecule has 1 aromatic heterocycles. The predicted molar refractivity (Wildman–Crippen MR) is 76.0 cm³/mol. The van der Waals surface area contributed by atoms with Gasteiger partial charge in [-0.1, -0.05) is 23.2 Å². The Morgan fingerprint density at radius 2 is 1.57 bits per heavy atom. The molecule has 3 nitrogen and oxygen atoms in total. The number of nitrogens with zero attached hydrogens (tertiary/aromatic N) is 3. The fraction of sp³-hybridized carbons (Fsp3) is 0.200. The maximum Gasteiger partial charge on any atom is 0.449 e. The Labute approximate surface area is 147 Å². The molecular weight excluding hydrogens is 459 g/mol. The number of benzene rings is 1. The molecule has 1 heterocycles. The van der Waals surface area contributed by atoms with Gasteiger partial charge in [-0.2, -0.15) is 31.3 Å². The molecule has 0 unspecified atom stereocenters. The first kappa shape index (κ1) is 18.7. The first-order valence-electron chi connectivity index (χ1n) is 5.33. The van der Waals surface area contributed by atoms with E-state index in [2.05, 4.69) is 26.0 Å². The van der Waals surface area contributed by atoms with Gasteiger partial charge >= 0.3 is 11.7 Å². The number of alkyl halides is 6. The third kappa shape index (κ3) is 4.46. The van der Waals surface area contributed by atoms with Crippen molar-refractivity contribution >= 4 is 50.9 Å². The van der Waals surface area contributed by atoms with E-state index in [1.54, 1.807) is 0 Å². The van der Waals surface area contributed by atoms with E-state index in [9.17, 15) is 26.3 Å². The molecule has 0 aliphatic rings. The summed E-state index contributed by atoms with van der Waals surface area (Å²) in [5, 5.41) is 1.97. The van der Waals surface area contributed by atoms with Gasteiger partial charge in [-0.3, -0.25) is 0 Å². The number of thioether (sulfide) groups is 1. The molecule has 0 aliphatic carbocycles. The summed E-state index contributed by atoms with van der Waals surface area (Å²) in [4.78, 5) is 3.50. The van der Waals surface area contributed by atoms with Crippen LogP contribution in [0.25, 0.3) is 5.69 Å². The highest BCUT2D eigenvalue weighted by Crippen LogP contribution is 2.40. The van der Waals surface area contributed by atoms with E-state index in [1.807, 2.05) is 0 Å². The number of halogens is 9. The number of aromatic nitrogens is 3. The first-order chi connectivity index (χ1) is 10.4. The minimum Gasteiger partial charge on any atom is -0.203 e. The normalized spacial score (nSPS) is 12.7. The lowest BCUT2D eigenvalue weighted by atomic mass is 10.2. The van der Waals surface area contributed by atoms with Gasteiger partial charge in [0.05, 0.1) is 15.6 Å². The Hall–Kier alpha value is -0.650. The van der Waals surface area contributed by atoms with E-state index in [0.29, 0.717) is 12.1 Å². The van der Waals surface area contributed by atoms with Crippen molar-refractivity contribution in [3.8, 4) is 5.69 Å². The third-order valence-corrected chi connectivity index (χ3v) is 3.99. The highest BCUT2D eigenvalue weighted by atomic mass is 79.9. The lowest BCUT2D eigenvalue weighted by Crippen LogP contribution is -2.07. The molecule has 0 radical (unpaired) electrons. The molecule has 0 saturated heterocycles. The second-order valence-electron chi connectivity index (χ2n) is 3.91. The van der Waals surface area contributed by atoms with Crippen LogP contribution in [0.2, 0.25) is 10.0 Å². The smallest absolute Gasteiger partial charge is 0.203 e. The summed E-state index contributed by atoms with van der Waals surface area (Å²) in [7, 11) is 0. The standard InChI is InChI=1S/C10H2BrCl2F6N3S/c11-7-20-8(23-10(17,18)19)21-22(7)6-4(12)1-3(2-5(6)13)9(14,15)16/h1-2H. The summed E-state index contributed by atoms with van der Waals surface area (Å²) in [6, 6.07) is 1.18. The molecule has 0 fully saturated rings. The van der Waals surface area contributed by atoms with E-state index in [-0.39, 0.29) is 10.4 Å². The molecule has 23 heavy (non-hydrogen) atoms. The zero-order chi connectivity index (χ0) is 17.6. The van der Waals surface area contributed by atoms with Gasteiger partial charge in [-0.15, -0.1) is 5.10 Å². The predicted octanol–water partition coefficient (Wildman–Crippen LogP) is 5.97. The lowest BCUT2D eigenvalue weighted by molar-refractivity contribution is -0.137. The Morgan fingerprint density at radius 1 is 1.04 bits per heavy atom. The summed E-state index contributed by atoms with van der Waals surface area (Å²) in [6.45, 7) is 0. The summed E-state index contributed by atoms with van der Waals surface area (Å²) >= 11 is 13.8. The molecule has 0 amide bonds. The van der Waals surface area contributed by atoms with Crippen LogP contribution in [0, 0.1) is 0 Å². The van der Waals surface area contributed by atoms with Crippen LogP contribution < -0.4 is 0 Å². The molecule has 2 aromatic rings. The Balaban J connectivity index is 2.51. The van der Waals surface area contributed by atoms with Crippen molar-refractivity contribution in [1.29, 1.82) is 0 Å². The van der Waals surface area contributed by atoms with E-state index in [0.717, 1.165) is 4.68 Å². The van der Waals surface area contributed by atoms with Crippen molar-refractivity contribution in [1.82, 2.24) is 14.8 Å². The van der Waals surface area contributed by atoms with Crippen LogP contribution >= 0.6 is 50.9 Å². The van der Waals surface area contributed by atoms with Gasteiger partial charge in [0.25, 0.3) is 0 Å². The molecular formula is C10H2BrCl2F6N3S. The van der Waals surface area contributed by atoms with Gasteiger partial charge in [-0.25, -0.2) is 4.68 Å². The minimum absolute atomic E-state index is 0.201. The zero-order valence-electron chi connectivity index (χ0n) is 10.3. The van der Waals surface area contributed by atoms with Crippen LogP contribution in [0.5, 0.6) is 0 Å². The molecule has 0 bridgehead atoms. The second-order valence-corrected chi connectivity index (χ2v) is 6.47. The SMILES string of the molecule is FC(F)(F)Sc1nc(Br)n(-c2c(Cl)cc(C(F)(F)F)cc2Cl)n1. The van der Waals surface area contributed by atoms with Crippen LogP contribution in [-0.2, 0) is 6.18 Å². The topological polar surface area (TPSA) is 30.7 Å². The molecule has 13 heteroatoms. The van der Waals surface area contributed by atoms with Crippen LogP contribution in [-0.4, -0.2) is 20.3 Å². The molecule has 0 N–H and O–H groups in total. The van der Waals surface area contributed by atoms with Gasteiger partial charge in [0.1, 0.15) is 5.69 Å². The maximum atomic E-state index is 12.7. The van der Waals surface area contributed by atoms with Crippen molar-refractivity contribution in [2.24, 2.45) is 0 Å². The van der Waals surface area contributed by atoms with Gasteiger partial charge in [0, 0.05) is 11.8 Å². The van der Waals surface area contributed by atoms with Crippen molar-refractivity contribution in [3.05, 3.63) is 32.5 Å². The van der Waals surface area contributed by atoms with Crippen LogP contribution in [0.4, 0.5) is 26.3 Å². The highest BCUT2D eigenvalue weighted by molar-refractivity contribution is 9.10. The van der Waals surface area contributed by atoms with Gasteiger partial charge in [0.15, 0.2) is 0 Å². The van der Waals surface area contributed by atoms with E-state index < -0.39 is 44.2 Å². The Bertz CT molecular complexity index is 722. The first-order valence-corrected chi connectivity index (χ1v) is 7.70. The maximum absolute atomic E-state index is 12.7. The third-order valence-electron chi connectivity index (χ3n) is 2.31. The largest absolute Gasteiger partial charge is 0.449 e. The average Bonchev–Trinajstić information content (AvgIpc) is 2.65. The number of rotatable bonds is 2. The number of hydrogen-bond acceptors (Lipinski definition) is 3. The molecule has 0 saturated carbocycles. The lowest BCUT2D eigenvalue weighted by Gasteiger charge is -2.12. The van der Waals surface area contributed by atoms with Crippen LogP contribution in [0.15, 0.2) is 22.0 Å². The molecule has 0 aliphatic heterocycles. The molecule has 0 atom stereocenters. The molecule has 0 spiro atoms. The van der Waals surface area contributed by atoms with E-state index >= 15 is 0 Å². The summed E-state index contributed by atoms with van der Waals surface area (Å²) in [5.74, 6) is 0. The molecule has 126 valence electrons. The van der Waals surface area contributed by atoms with E-state index in [1.165, 1.54) is 0 Å². The highest BCUT2D eigenvalue weighted by Gasteiger charge is 2.34. The number of hydrogen-bond donors (Lipinski definition) is 0. The van der Waals surface area contributed by atoms with Crippen LogP contribution in [0.1, 0.15) is 5.56 Å².